The van der Waals surface area contributed by atoms with E-state index >= 15 is 0 Å². The molecule has 1 aliphatic carbocycles. The fraction of sp³-hybridized carbons (Fsp3) is 0.818. The molecule has 1 atom stereocenters. The number of amides is 2. The van der Waals surface area contributed by atoms with E-state index in [0.717, 1.165) is 19.3 Å². The summed E-state index contributed by atoms with van der Waals surface area (Å²) in [5.74, 6) is -1.05. The second kappa shape index (κ2) is 5.30. The van der Waals surface area contributed by atoms with Crippen molar-refractivity contribution in [1.29, 1.82) is 0 Å². The molecule has 0 spiro atoms. The van der Waals surface area contributed by atoms with Crippen molar-refractivity contribution < 1.29 is 14.7 Å². The summed E-state index contributed by atoms with van der Waals surface area (Å²) in [4.78, 5) is 22.5. The van der Waals surface area contributed by atoms with Crippen LogP contribution in [0.2, 0.25) is 0 Å². The molecule has 1 unspecified atom stereocenters. The molecule has 1 saturated carbocycles. The normalized spacial score (nSPS) is 18.7. The Labute approximate surface area is 95.6 Å². The first-order chi connectivity index (χ1) is 7.47. The van der Waals surface area contributed by atoms with Crippen LogP contribution in [0.5, 0.6) is 0 Å². The third-order valence-electron chi connectivity index (χ3n) is 2.81. The molecule has 0 saturated heterocycles. The molecule has 92 valence electrons. The predicted molar refractivity (Wildman–Crippen MR) is 59.7 cm³/mol. The van der Waals surface area contributed by atoms with Crippen molar-refractivity contribution in [2.24, 2.45) is 5.92 Å². The lowest BCUT2D eigenvalue weighted by molar-refractivity contribution is -0.139. The largest absolute Gasteiger partial charge is 0.388 e. The SMILES string of the molecule is CCCNC(=O)C(=O)NCC(C)(O)C1CC1. The average Bonchev–Trinajstić information content (AvgIpc) is 3.06. The van der Waals surface area contributed by atoms with Crippen LogP contribution in [0.1, 0.15) is 33.1 Å². The maximum Gasteiger partial charge on any atom is 0.309 e. The first-order valence-electron chi connectivity index (χ1n) is 5.75. The Morgan fingerprint density at radius 2 is 1.88 bits per heavy atom. The van der Waals surface area contributed by atoms with E-state index in [1.165, 1.54) is 0 Å². The second-order valence-corrected chi connectivity index (χ2v) is 4.57. The lowest BCUT2D eigenvalue weighted by atomic mass is 10.0. The van der Waals surface area contributed by atoms with E-state index < -0.39 is 17.4 Å². The van der Waals surface area contributed by atoms with Crippen LogP contribution in [-0.4, -0.2) is 35.6 Å². The molecule has 0 aromatic carbocycles. The molecule has 0 radical (unpaired) electrons. The minimum Gasteiger partial charge on any atom is -0.388 e. The van der Waals surface area contributed by atoms with Gasteiger partial charge in [-0.2, -0.15) is 0 Å². The maximum absolute atomic E-state index is 11.3. The van der Waals surface area contributed by atoms with Gasteiger partial charge in [0.2, 0.25) is 0 Å². The summed E-state index contributed by atoms with van der Waals surface area (Å²) in [6.07, 6.45) is 2.77. The van der Waals surface area contributed by atoms with E-state index in [1.807, 2.05) is 6.92 Å². The van der Waals surface area contributed by atoms with Gasteiger partial charge in [0.1, 0.15) is 0 Å². The Kier molecular flexibility index (Phi) is 4.29. The van der Waals surface area contributed by atoms with Crippen LogP contribution >= 0.6 is 0 Å². The molecule has 0 heterocycles. The van der Waals surface area contributed by atoms with Crippen molar-refractivity contribution in [3.05, 3.63) is 0 Å². The third-order valence-corrected chi connectivity index (χ3v) is 2.81. The lowest BCUT2D eigenvalue weighted by Crippen LogP contribution is -2.47. The van der Waals surface area contributed by atoms with E-state index in [0.29, 0.717) is 6.54 Å². The maximum atomic E-state index is 11.3. The standard InChI is InChI=1S/C11H20N2O3/c1-3-6-12-9(14)10(15)13-7-11(2,16)8-4-5-8/h8,16H,3-7H2,1-2H3,(H,12,14)(H,13,15). The average molecular weight is 228 g/mol. The summed E-state index contributed by atoms with van der Waals surface area (Å²) in [6, 6.07) is 0. The highest BCUT2D eigenvalue weighted by Crippen LogP contribution is 2.38. The van der Waals surface area contributed by atoms with Gasteiger partial charge in [-0.1, -0.05) is 6.92 Å². The topological polar surface area (TPSA) is 78.4 Å². The van der Waals surface area contributed by atoms with Gasteiger partial charge in [0, 0.05) is 13.1 Å². The molecule has 5 heteroatoms. The van der Waals surface area contributed by atoms with Crippen molar-refractivity contribution in [2.45, 2.75) is 38.7 Å². The molecular formula is C11H20N2O3. The number of rotatable bonds is 5. The fourth-order valence-corrected chi connectivity index (χ4v) is 1.51. The smallest absolute Gasteiger partial charge is 0.309 e. The molecule has 0 aromatic rings. The van der Waals surface area contributed by atoms with Crippen molar-refractivity contribution in [3.8, 4) is 0 Å². The van der Waals surface area contributed by atoms with Gasteiger partial charge in [0.05, 0.1) is 5.60 Å². The lowest BCUT2D eigenvalue weighted by Gasteiger charge is -2.22. The van der Waals surface area contributed by atoms with Crippen molar-refractivity contribution in [2.75, 3.05) is 13.1 Å². The second-order valence-electron chi connectivity index (χ2n) is 4.57. The highest BCUT2D eigenvalue weighted by molar-refractivity contribution is 6.35. The van der Waals surface area contributed by atoms with Crippen LogP contribution in [-0.2, 0) is 9.59 Å². The molecule has 0 aliphatic heterocycles. The van der Waals surface area contributed by atoms with Gasteiger partial charge in [0.25, 0.3) is 0 Å². The quantitative estimate of drug-likeness (QED) is 0.570. The van der Waals surface area contributed by atoms with E-state index in [4.69, 9.17) is 0 Å². The van der Waals surface area contributed by atoms with Gasteiger partial charge in [-0.25, -0.2) is 0 Å². The van der Waals surface area contributed by atoms with Gasteiger partial charge in [-0.05, 0) is 32.1 Å². The monoisotopic (exact) mass is 228 g/mol. The first-order valence-corrected chi connectivity index (χ1v) is 5.75. The van der Waals surface area contributed by atoms with Crippen molar-refractivity contribution in [1.82, 2.24) is 10.6 Å². The van der Waals surface area contributed by atoms with Gasteiger partial charge < -0.3 is 15.7 Å². The summed E-state index contributed by atoms with van der Waals surface area (Å²) in [5.41, 5.74) is -0.888. The Bertz CT molecular complexity index is 272. The number of hydrogen-bond acceptors (Lipinski definition) is 3. The van der Waals surface area contributed by atoms with Crippen LogP contribution in [0.25, 0.3) is 0 Å². The molecular weight excluding hydrogens is 208 g/mol. The Morgan fingerprint density at radius 1 is 1.31 bits per heavy atom. The van der Waals surface area contributed by atoms with Crippen LogP contribution < -0.4 is 10.6 Å². The van der Waals surface area contributed by atoms with E-state index in [-0.39, 0.29) is 12.5 Å². The molecule has 5 nitrogen and oxygen atoms in total. The summed E-state index contributed by atoms with van der Waals surface area (Å²) < 4.78 is 0. The summed E-state index contributed by atoms with van der Waals surface area (Å²) in [7, 11) is 0. The van der Waals surface area contributed by atoms with E-state index in [1.54, 1.807) is 6.92 Å². The Morgan fingerprint density at radius 3 is 2.38 bits per heavy atom. The van der Waals surface area contributed by atoms with Gasteiger partial charge in [0.15, 0.2) is 0 Å². The number of aliphatic hydroxyl groups is 1. The Hall–Kier alpha value is -1.10. The van der Waals surface area contributed by atoms with Crippen LogP contribution in [0.15, 0.2) is 0 Å². The van der Waals surface area contributed by atoms with Crippen molar-refractivity contribution >= 4 is 11.8 Å². The summed E-state index contributed by atoms with van der Waals surface area (Å²) >= 11 is 0. The van der Waals surface area contributed by atoms with Crippen LogP contribution in [0, 0.1) is 5.92 Å². The van der Waals surface area contributed by atoms with Gasteiger partial charge >= 0.3 is 11.8 Å². The Balaban J connectivity index is 2.26. The third kappa shape index (κ3) is 3.81. The number of nitrogens with one attached hydrogen (secondary N) is 2. The van der Waals surface area contributed by atoms with Gasteiger partial charge in [-0.15, -0.1) is 0 Å². The molecule has 2 amide bonds. The molecule has 1 rings (SSSR count). The minimum absolute atomic E-state index is 0.135. The number of carbonyl (C=O) groups is 2. The van der Waals surface area contributed by atoms with E-state index in [9.17, 15) is 14.7 Å². The van der Waals surface area contributed by atoms with Crippen LogP contribution in [0.3, 0.4) is 0 Å². The minimum atomic E-state index is -0.888. The molecule has 3 N–H and O–H groups in total. The summed E-state index contributed by atoms with van der Waals surface area (Å²) in [6.45, 7) is 4.23. The number of hydrogen-bond donors (Lipinski definition) is 3. The molecule has 0 bridgehead atoms. The van der Waals surface area contributed by atoms with Crippen LogP contribution in [0.4, 0.5) is 0 Å². The molecule has 1 fully saturated rings. The predicted octanol–water partition coefficient (Wildman–Crippen LogP) is -0.210. The summed E-state index contributed by atoms with van der Waals surface area (Å²) in [5, 5.41) is 14.8. The fourth-order valence-electron chi connectivity index (χ4n) is 1.51. The van der Waals surface area contributed by atoms with Crippen molar-refractivity contribution in [3.63, 3.8) is 0 Å². The van der Waals surface area contributed by atoms with Gasteiger partial charge in [-0.3, -0.25) is 9.59 Å². The van der Waals surface area contributed by atoms with E-state index in [2.05, 4.69) is 10.6 Å². The number of carbonyl (C=O) groups excluding carboxylic acids is 2. The zero-order chi connectivity index (χ0) is 12.2. The molecule has 0 aromatic heterocycles. The molecule has 16 heavy (non-hydrogen) atoms. The highest BCUT2D eigenvalue weighted by Gasteiger charge is 2.40. The zero-order valence-electron chi connectivity index (χ0n) is 9.88. The molecule has 1 aliphatic rings. The highest BCUT2D eigenvalue weighted by atomic mass is 16.3. The zero-order valence-corrected chi connectivity index (χ0v) is 9.88. The first kappa shape index (κ1) is 13.0.